The Hall–Kier alpha value is -0.250. The monoisotopic (exact) mass is 209 g/mol. The van der Waals surface area contributed by atoms with Crippen molar-refractivity contribution in [1.82, 2.24) is 15.1 Å². The summed E-state index contributed by atoms with van der Waals surface area (Å²) in [5, 5.41) is 7.63. The Morgan fingerprint density at radius 2 is 2.25 bits per heavy atom. The van der Waals surface area contributed by atoms with Crippen LogP contribution in [0, 0.1) is 0 Å². The normalized spacial score (nSPS) is 14.1. The summed E-state index contributed by atoms with van der Waals surface area (Å²) in [5.41, 5.74) is 2.62. The highest BCUT2D eigenvalue weighted by Gasteiger charge is 2.10. The Morgan fingerprint density at radius 3 is 2.92 bits per heavy atom. The molecule has 0 fully saturated rings. The Labute approximate surface area is 84.3 Å². The van der Waals surface area contributed by atoms with Gasteiger partial charge in [0.1, 0.15) is 0 Å². The minimum Gasteiger partial charge on any atom is -0.312 e. The number of nitrogens with one attached hydrogen (secondary N) is 1. The molecule has 5 heteroatoms. The van der Waals surface area contributed by atoms with Crippen molar-refractivity contribution in [2.75, 3.05) is 6.54 Å². The maximum atomic E-state index is 4.33. The lowest BCUT2D eigenvalue weighted by atomic mass is 10.1. The van der Waals surface area contributed by atoms with Crippen molar-refractivity contribution in [2.24, 2.45) is 7.05 Å². The van der Waals surface area contributed by atoms with Gasteiger partial charge < -0.3 is 5.32 Å². The van der Waals surface area contributed by atoms with Crippen molar-refractivity contribution in [3.63, 3.8) is 0 Å². The molecule has 0 aromatic carbocycles. The maximum absolute atomic E-state index is 4.33. The summed E-state index contributed by atoms with van der Waals surface area (Å²) in [5.74, 6) is 0. The highest BCUT2D eigenvalue weighted by atomic mass is 35.5. The second-order valence-corrected chi connectivity index (χ2v) is 2.70. The van der Waals surface area contributed by atoms with Gasteiger partial charge in [-0.3, -0.25) is 4.68 Å². The van der Waals surface area contributed by atoms with Crippen LogP contribution in [0.4, 0.5) is 0 Å². The molecule has 0 saturated heterocycles. The Kier molecular flexibility index (Phi) is 4.60. The van der Waals surface area contributed by atoms with Gasteiger partial charge in [-0.25, -0.2) is 0 Å². The number of fused-ring (bicyclic) bond motifs is 1. The van der Waals surface area contributed by atoms with Gasteiger partial charge in [0.25, 0.3) is 0 Å². The number of aromatic nitrogens is 2. The van der Waals surface area contributed by atoms with E-state index in [0.29, 0.717) is 0 Å². The molecule has 3 nitrogen and oxygen atoms in total. The van der Waals surface area contributed by atoms with Gasteiger partial charge in [-0.1, -0.05) is 0 Å². The standard InChI is InChI=1S/C7H11N3.2ClH/c1-10-5-6-4-8-3-2-7(6)9-10;;/h5,8H,2-4H2,1H3;2*1H. The third kappa shape index (κ3) is 2.12. The molecule has 0 spiro atoms. The van der Waals surface area contributed by atoms with Gasteiger partial charge in [-0.15, -0.1) is 24.8 Å². The zero-order chi connectivity index (χ0) is 6.97. The number of nitrogens with zero attached hydrogens (tertiary/aromatic N) is 2. The molecule has 0 aliphatic carbocycles. The average molecular weight is 210 g/mol. The van der Waals surface area contributed by atoms with Gasteiger partial charge >= 0.3 is 0 Å². The van der Waals surface area contributed by atoms with Crippen molar-refractivity contribution in [1.29, 1.82) is 0 Å². The number of halogens is 2. The Bertz CT molecular complexity index is 223. The predicted molar refractivity (Wildman–Crippen MR) is 53.1 cm³/mol. The van der Waals surface area contributed by atoms with E-state index in [-0.39, 0.29) is 24.8 Å². The highest BCUT2D eigenvalue weighted by Crippen LogP contribution is 2.09. The van der Waals surface area contributed by atoms with Crippen LogP contribution < -0.4 is 5.32 Å². The largest absolute Gasteiger partial charge is 0.312 e. The van der Waals surface area contributed by atoms with E-state index in [1.165, 1.54) is 11.3 Å². The van der Waals surface area contributed by atoms with Gasteiger partial charge in [-0.2, -0.15) is 5.10 Å². The van der Waals surface area contributed by atoms with Crippen molar-refractivity contribution >= 4 is 24.8 Å². The fourth-order valence-corrected chi connectivity index (χ4v) is 1.37. The summed E-state index contributed by atoms with van der Waals surface area (Å²) in [6.45, 7) is 2.06. The summed E-state index contributed by atoms with van der Waals surface area (Å²) < 4.78 is 1.89. The first-order valence-electron chi connectivity index (χ1n) is 3.58. The molecule has 0 unspecified atom stereocenters. The molecule has 1 aliphatic heterocycles. The van der Waals surface area contributed by atoms with E-state index in [9.17, 15) is 0 Å². The van der Waals surface area contributed by atoms with Crippen LogP contribution >= 0.6 is 24.8 Å². The average Bonchev–Trinajstić information content (AvgIpc) is 2.27. The molecule has 0 atom stereocenters. The first kappa shape index (κ1) is 11.8. The lowest BCUT2D eigenvalue weighted by Gasteiger charge is -2.09. The van der Waals surface area contributed by atoms with Crippen molar-refractivity contribution in [3.8, 4) is 0 Å². The van der Waals surface area contributed by atoms with E-state index in [1.54, 1.807) is 0 Å². The van der Waals surface area contributed by atoms with Gasteiger partial charge in [0.15, 0.2) is 0 Å². The maximum Gasteiger partial charge on any atom is 0.0682 e. The van der Waals surface area contributed by atoms with E-state index in [2.05, 4.69) is 16.6 Å². The molecule has 0 radical (unpaired) electrons. The summed E-state index contributed by atoms with van der Waals surface area (Å²) >= 11 is 0. The molecule has 0 bridgehead atoms. The molecule has 1 aliphatic rings. The first-order chi connectivity index (χ1) is 4.86. The number of hydrogen-bond acceptors (Lipinski definition) is 2. The molecule has 1 N–H and O–H groups in total. The fraction of sp³-hybridized carbons (Fsp3) is 0.571. The summed E-state index contributed by atoms with van der Waals surface area (Å²) in [7, 11) is 1.97. The molecule has 1 aromatic heterocycles. The second kappa shape index (κ2) is 4.70. The zero-order valence-corrected chi connectivity index (χ0v) is 8.54. The molecule has 0 amide bonds. The molecular formula is C7H13Cl2N3. The SMILES string of the molecule is Cl.Cl.Cn1cc2c(n1)CCNC2. The predicted octanol–water partition coefficient (Wildman–Crippen LogP) is 0.909. The number of rotatable bonds is 0. The van der Waals surface area contributed by atoms with Crippen LogP contribution in [0.3, 0.4) is 0 Å². The summed E-state index contributed by atoms with van der Waals surface area (Å²) in [4.78, 5) is 0. The number of aryl methyl sites for hydroxylation is 1. The third-order valence-corrected chi connectivity index (χ3v) is 1.85. The third-order valence-electron chi connectivity index (χ3n) is 1.85. The van der Waals surface area contributed by atoms with Crippen LogP contribution in [0.1, 0.15) is 11.3 Å². The minimum absolute atomic E-state index is 0. The smallest absolute Gasteiger partial charge is 0.0682 e. The molecule has 70 valence electrons. The Morgan fingerprint density at radius 1 is 1.50 bits per heavy atom. The lowest BCUT2D eigenvalue weighted by molar-refractivity contribution is 0.632. The highest BCUT2D eigenvalue weighted by molar-refractivity contribution is 5.85. The van der Waals surface area contributed by atoms with Crippen LogP contribution in [0.15, 0.2) is 6.20 Å². The molecular weight excluding hydrogens is 197 g/mol. The van der Waals surface area contributed by atoms with Crippen LogP contribution in [0.2, 0.25) is 0 Å². The van der Waals surface area contributed by atoms with Gasteiger partial charge in [-0.05, 0) is 0 Å². The molecule has 1 aromatic rings. The van der Waals surface area contributed by atoms with E-state index >= 15 is 0 Å². The quantitative estimate of drug-likeness (QED) is 0.689. The second-order valence-electron chi connectivity index (χ2n) is 2.70. The minimum atomic E-state index is 0. The van der Waals surface area contributed by atoms with Crippen molar-refractivity contribution in [3.05, 3.63) is 17.5 Å². The van der Waals surface area contributed by atoms with E-state index < -0.39 is 0 Å². The van der Waals surface area contributed by atoms with Crippen LogP contribution in [0.5, 0.6) is 0 Å². The van der Waals surface area contributed by atoms with E-state index in [4.69, 9.17) is 0 Å². The Balaban J connectivity index is 0.000000605. The van der Waals surface area contributed by atoms with Crippen molar-refractivity contribution < 1.29 is 0 Å². The van der Waals surface area contributed by atoms with E-state index in [1.807, 2.05) is 11.7 Å². The summed E-state index contributed by atoms with van der Waals surface area (Å²) in [6, 6.07) is 0. The zero-order valence-electron chi connectivity index (χ0n) is 6.91. The van der Waals surface area contributed by atoms with Gasteiger partial charge in [0.2, 0.25) is 0 Å². The summed E-state index contributed by atoms with van der Waals surface area (Å²) in [6.07, 6.45) is 3.16. The van der Waals surface area contributed by atoms with Crippen LogP contribution in [0.25, 0.3) is 0 Å². The van der Waals surface area contributed by atoms with Crippen LogP contribution in [-0.4, -0.2) is 16.3 Å². The molecule has 0 saturated carbocycles. The van der Waals surface area contributed by atoms with Gasteiger partial charge in [0, 0.05) is 38.3 Å². The van der Waals surface area contributed by atoms with Crippen molar-refractivity contribution in [2.45, 2.75) is 13.0 Å². The topological polar surface area (TPSA) is 29.9 Å². The molecule has 2 heterocycles. The van der Waals surface area contributed by atoms with E-state index in [0.717, 1.165) is 19.5 Å². The van der Waals surface area contributed by atoms with Crippen LogP contribution in [-0.2, 0) is 20.0 Å². The van der Waals surface area contributed by atoms with Gasteiger partial charge in [0.05, 0.1) is 5.69 Å². The molecule has 12 heavy (non-hydrogen) atoms. The number of hydrogen-bond donors (Lipinski definition) is 1. The fourth-order valence-electron chi connectivity index (χ4n) is 1.37. The first-order valence-corrected chi connectivity index (χ1v) is 3.58. The molecule has 2 rings (SSSR count). The lowest BCUT2D eigenvalue weighted by Crippen LogP contribution is -2.22.